The fraction of sp³-hybridized carbons (Fsp3) is 0. The van der Waals surface area contributed by atoms with Crippen molar-refractivity contribution in [2.24, 2.45) is 0 Å². The van der Waals surface area contributed by atoms with Crippen molar-refractivity contribution in [1.82, 2.24) is 15.1 Å². The molecule has 2 heterocycles. The van der Waals surface area contributed by atoms with Crippen LogP contribution in [0.4, 0.5) is 10.2 Å². The van der Waals surface area contributed by atoms with E-state index in [0.29, 0.717) is 22.5 Å². The van der Waals surface area contributed by atoms with Crippen LogP contribution in [0, 0.1) is 5.82 Å². The third kappa shape index (κ3) is 1.93. The van der Waals surface area contributed by atoms with E-state index in [1.165, 1.54) is 12.4 Å². The van der Waals surface area contributed by atoms with Crippen LogP contribution in [-0.4, -0.2) is 15.1 Å². The first kappa shape index (κ1) is 11.3. The Morgan fingerprint density at radius 2 is 1.84 bits per heavy atom. The molecule has 5 nitrogen and oxygen atoms in total. The molecular formula is C13H9FN4O. The molecule has 0 saturated carbocycles. The molecule has 0 aliphatic carbocycles. The minimum Gasteiger partial charge on any atom is -0.380 e. The predicted molar refractivity (Wildman–Crippen MR) is 67.3 cm³/mol. The number of nitrogen functional groups attached to an aromatic ring is 1. The molecule has 3 aromatic rings. The normalized spacial score (nSPS) is 10.6. The number of benzene rings is 1. The van der Waals surface area contributed by atoms with Gasteiger partial charge in [0.25, 0.3) is 0 Å². The Morgan fingerprint density at radius 1 is 1.11 bits per heavy atom. The Labute approximate surface area is 107 Å². The van der Waals surface area contributed by atoms with Crippen molar-refractivity contribution in [2.75, 3.05) is 5.73 Å². The summed E-state index contributed by atoms with van der Waals surface area (Å²) in [5, 5.41) is 3.69. The maximum atomic E-state index is 13.9. The number of halogens is 1. The number of nitrogens with zero attached hydrogens (tertiary/aromatic N) is 3. The average Bonchev–Trinajstić information content (AvgIpc) is 2.82. The summed E-state index contributed by atoms with van der Waals surface area (Å²) < 4.78 is 19.0. The molecule has 0 radical (unpaired) electrons. The van der Waals surface area contributed by atoms with Gasteiger partial charge in [-0.2, -0.15) is 0 Å². The summed E-state index contributed by atoms with van der Waals surface area (Å²) in [5.74, 6) is 0.0858. The highest BCUT2D eigenvalue weighted by Crippen LogP contribution is 2.36. The molecule has 2 N–H and O–H groups in total. The van der Waals surface area contributed by atoms with Gasteiger partial charge in [0.05, 0.1) is 11.1 Å². The summed E-state index contributed by atoms with van der Waals surface area (Å²) in [7, 11) is 0. The number of hydrogen-bond acceptors (Lipinski definition) is 5. The van der Waals surface area contributed by atoms with E-state index in [9.17, 15) is 4.39 Å². The lowest BCUT2D eigenvalue weighted by molar-refractivity contribution is 0.435. The molecule has 0 aliphatic rings. The second-order valence-electron chi connectivity index (χ2n) is 3.88. The van der Waals surface area contributed by atoms with Crippen LogP contribution in [-0.2, 0) is 0 Å². The van der Waals surface area contributed by atoms with Gasteiger partial charge in [0.2, 0.25) is 0 Å². The highest BCUT2D eigenvalue weighted by atomic mass is 19.1. The molecule has 0 spiro atoms. The molecule has 1 aromatic carbocycles. The van der Waals surface area contributed by atoms with Crippen molar-refractivity contribution in [3.8, 4) is 22.5 Å². The van der Waals surface area contributed by atoms with Gasteiger partial charge in [-0.15, -0.1) is 0 Å². The zero-order valence-corrected chi connectivity index (χ0v) is 9.75. The summed E-state index contributed by atoms with van der Waals surface area (Å²) >= 11 is 0. The van der Waals surface area contributed by atoms with E-state index >= 15 is 0 Å². The third-order valence-corrected chi connectivity index (χ3v) is 2.68. The Hall–Kier alpha value is -2.76. The Bertz CT molecular complexity index is 712. The third-order valence-electron chi connectivity index (χ3n) is 2.68. The van der Waals surface area contributed by atoms with E-state index < -0.39 is 5.82 Å². The van der Waals surface area contributed by atoms with Crippen molar-refractivity contribution < 1.29 is 8.91 Å². The standard InChI is InChI=1S/C13H9FN4O/c14-10-4-2-1-3-9(10)11-12(19-18-13(11)15)8-5-16-7-17-6-8/h1-7H,(H2,15,18). The van der Waals surface area contributed by atoms with Crippen LogP contribution in [0.2, 0.25) is 0 Å². The fourth-order valence-corrected chi connectivity index (χ4v) is 1.84. The molecule has 0 fully saturated rings. The first-order valence-corrected chi connectivity index (χ1v) is 5.53. The van der Waals surface area contributed by atoms with Crippen LogP contribution in [0.25, 0.3) is 22.5 Å². The van der Waals surface area contributed by atoms with Gasteiger partial charge in [0.15, 0.2) is 11.6 Å². The quantitative estimate of drug-likeness (QED) is 0.762. The summed E-state index contributed by atoms with van der Waals surface area (Å²) in [6, 6.07) is 6.29. The summed E-state index contributed by atoms with van der Waals surface area (Å²) in [5.41, 5.74) is 7.10. The van der Waals surface area contributed by atoms with Gasteiger partial charge in [-0.25, -0.2) is 14.4 Å². The van der Waals surface area contributed by atoms with Crippen LogP contribution in [0.15, 0.2) is 47.5 Å². The molecule has 0 atom stereocenters. The highest BCUT2D eigenvalue weighted by molar-refractivity contribution is 5.86. The van der Waals surface area contributed by atoms with Gasteiger partial charge in [-0.05, 0) is 6.07 Å². The van der Waals surface area contributed by atoms with Crippen LogP contribution in [0.1, 0.15) is 0 Å². The van der Waals surface area contributed by atoms with E-state index in [0.717, 1.165) is 0 Å². The summed E-state index contributed by atoms with van der Waals surface area (Å²) in [6.07, 6.45) is 4.50. The van der Waals surface area contributed by atoms with Crippen molar-refractivity contribution in [3.63, 3.8) is 0 Å². The van der Waals surface area contributed by atoms with Crippen LogP contribution in [0.3, 0.4) is 0 Å². The number of aromatic nitrogens is 3. The van der Waals surface area contributed by atoms with E-state index in [1.807, 2.05) is 0 Å². The second-order valence-corrected chi connectivity index (χ2v) is 3.88. The van der Waals surface area contributed by atoms with Crippen molar-refractivity contribution in [2.45, 2.75) is 0 Å². The molecule has 3 rings (SSSR count). The van der Waals surface area contributed by atoms with Gasteiger partial charge >= 0.3 is 0 Å². The first-order chi connectivity index (χ1) is 9.27. The van der Waals surface area contributed by atoms with Gasteiger partial charge < -0.3 is 10.3 Å². The fourth-order valence-electron chi connectivity index (χ4n) is 1.84. The molecule has 0 bridgehead atoms. The smallest absolute Gasteiger partial charge is 0.180 e. The second kappa shape index (κ2) is 4.49. The monoisotopic (exact) mass is 256 g/mol. The Kier molecular flexibility index (Phi) is 2.68. The van der Waals surface area contributed by atoms with Crippen LogP contribution >= 0.6 is 0 Å². The molecule has 0 amide bonds. The van der Waals surface area contributed by atoms with Gasteiger partial charge in [0.1, 0.15) is 12.1 Å². The zero-order chi connectivity index (χ0) is 13.2. The maximum Gasteiger partial charge on any atom is 0.180 e. The minimum absolute atomic E-state index is 0.129. The van der Waals surface area contributed by atoms with E-state index in [-0.39, 0.29) is 5.82 Å². The van der Waals surface area contributed by atoms with Gasteiger partial charge in [-0.1, -0.05) is 23.4 Å². The number of anilines is 1. The van der Waals surface area contributed by atoms with Crippen molar-refractivity contribution in [1.29, 1.82) is 0 Å². The van der Waals surface area contributed by atoms with Crippen LogP contribution < -0.4 is 5.73 Å². The number of hydrogen-bond donors (Lipinski definition) is 1. The molecule has 19 heavy (non-hydrogen) atoms. The lowest BCUT2D eigenvalue weighted by Gasteiger charge is -2.03. The van der Waals surface area contributed by atoms with E-state index in [1.54, 1.807) is 30.6 Å². The predicted octanol–water partition coefficient (Wildman–Crippen LogP) is 2.52. The van der Waals surface area contributed by atoms with E-state index in [2.05, 4.69) is 15.1 Å². The first-order valence-electron chi connectivity index (χ1n) is 5.53. The Morgan fingerprint density at radius 3 is 2.58 bits per heavy atom. The molecule has 0 saturated heterocycles. The topological polar surface area (TPSA) is 77.8 Å². The van der Waals surface area contributed by atoms with Crippen molar-refractivity contribution in [3.05, 3.63) is 48.8 Å². The van der Waals surface area contributed by atoms with Gasteiger partial charge in [-0.3, -0.25) is 0 Å². The van der Waals surface area contributed by atoms with E-state index in [4.69, 9.17) is 10.3 Å². The van der Waals surface area contributed by atoms with Gasteiger partial charge in [0, 0.05) is 18.0 Å². The lowest BCUT2D eigenvalue weighted by Crippen LogP contribution is -1.91. The molecule has 2 aromatic heterocycles. The number of nitrogens with two attached hydrogens (primary N) is 1. The number of rotatable bonds is 2. The minimum atomic E-state index is -0.393. The summed E-state index contributed by atoms with van der Waals surface area (Å²) in [4.78, 5) is 7.79. The SMILES string of the molecule is Nc1noc(-c2cncnc2)c1-c1ccccc1F. The lowest BCUT2D eigenvalue weighted by atomic mass is 10.0. The molecule has 0 unspecified atom stereocenters. The Balaban J connectivity index is 2.23. The largest absolute Gasteiger partial charge is 0.380 e. The zero-order valence-electron chi connectivity index (χ0n) is 9.75. The van der Waals surface area contributed by atoms with Crippen molar-refractivity contribution >= 4 is 5.82 Å². The van der Waals surface area contributed by atoms with Crippen LogP contribution in [0.5, 0.6) is 0 Å². The molecule has 0 aliphatic heterocycles. The summed E-state index contributed by atoms with van der Waals surface area (Å²) in [6.45, 7) is 0. The molecule has 6 heteroatoms. The molecule has 94 valence electrons. The highest BCUT2D eigenvalue weighted by Gasteiger charge is 2.20. The average molecular weight is 256 g/mol. The maximum absolute atomic E-state index is 13.9. The molecular weight excluding hydrogens is 247 g/mol.